The molecule has 0 saturated heterocycles. The number of amides is 1. The third-order valence-corrected chi connectivity index (χ3v) is 8.61. The van der Waals surface area contributed by atoms with Crippen LogP contribution in [0.5, 0.6) is 0 Å². The van der Waals surface area contributed by atoms with Gasteiger partial charge in [0.25, 0.3) is 0 Å². The molecule has 1 amide bonds. The van der Waals surface area contributed by atoms with Gasteiger partial charge in [-0.1, -0.05) is 133 Å². The standard InChI is InChI=1S/C37H69N2O6P/c1-3-5-7-9-11-13-14-15-16-17-18-19-20-21-22-23-25-27-29-31-37(41)39-35(34-45-46(42,43)44-33-32-38)36(40)30-28-26-24-12-10-8-6-4-2/h10-13,15-16,28,30,35-36,40H,3-9,14,17-27,29,31-34,38H2,1-2H3,(H,39,41)(H,42,43)/b12-10+,13-11-,16-15-,30-28+. The zero-order chi connectivity index (χ0) is 34.0. The molecule has 3 unspecified atom stereocenters. The van der Waals surface area contributed by atoms with E-state index in [4.69, 9.17) is 14.8 Å². The number of phosphoric acid groups is 1. The lowest BCUT2D eigenvalue weighted by molar-refractivity contribution is -0.123. The quantitative estimate of drug-likeness (QED) is 0.0311. The van der Waals surface area contributed by atoms with E-state index in [0.717, 1.165) is 44.9 Å². The summed E-state index contributed by atoms with van der Waals surface area (Å²) in [6.07, 6.45) is 38.9. The zero-order valence-electron chi connectivity index (χ0n) is 29.3. The van der Waals surface area contributed by atoms with Gasteiger partial charge in [0, 0.05) is 13.0 Å². The van der Waals surface area contributed by atoms with Crippen LogP contribution in [0.25, 0.3) is 0 Å². The van der Waals surface area contributed by atoms with Gasteiger partial charge in [-0.2, -0.15) is 0 Å². The maximum Gasteiger partial charge on any atom is 0.472 e. The van der Waals surface area contributed by atoms with Crippen molar-refractivity contribution in [2.45, 2.75) is 161 Å². The first-order valence-electron chi connectivity index (χ1n) is 18.3. The summed E-state index contributed by atoms with van der Waals surface area (Å²) in [5.74, 6) is -0.215. The number of phosphoric ester groups is 1. The Labute approximate surface area is 282 Å². The number of aliphatic hydroxyl groups is 1. The molecule has 0 heterocycles. The van der Waals surface area contributed by atoms with E-state index in [1.807, 2.05) is 6.08 Å². The Morgan fingerprint density at radius 1 is 0.717 bits per heavy atom. The number of nitrogens with one attached hydrogen (secondary N) is 1. The normalized spacial score (nSPS) is 15.0. The number of unbranched alkanes of at least 4 members (excludes halogenated alkanes) is 15. The Kier molecular flexibility index (Phi) is 32.2. The minimum Gasteiger partial charge on any atom is -0.387 e. The Balaban J connectivity index is 4.21. The van der Waals surface area contributed by atoms with E-state index in [-0.39, 0.29) is 25.7 Å². The molecule has 0 aliphatic rings. The molecule has 0 rings (SSSR count). The van der Waals surface area contributed by atoms with Crippen molar-refractivity contribution in [3.05, 3.63) is 48.6 Å². The van der Waals surface area contributed by atoms with Crippen molar-refractivity contribution < 1.29 is 28.4 Å². The van der Waals surface area contributed by atoms with Crippen LogP contribution in [0.2, 0.25) is 0 Å². The summed E-state index contributed by atoms with van der Waals surface area (Å²) in [5.41, 5.74) is 5.33. The summed E-state index contributed by atoms with van der Waals surface area (Å²) in [6.45, 7) is 3.98. The van der Waals surface area contributed by atoms with E-state index in [1.165, 1.54) is 83.5 Å². The van der Waals surface area contributed by atoms with Crippen LogP contribution < -0.4 is 11.1 Å². The number of rotatable bonds is 33. The van der Waals surface area contributed by atoms with Gasteiger partial charge < -0.3 is 21.1 Å². The molecule has 9 heteroatoms. The highest BCUT2D eigenvalue weighted by Gasteiger charge is 2.26. The fourth-order valence-corrected chi connectivity index (χ4v) is 5.57. The van der Waals surface area contributed by atoms with Crippen LogP contribution in [0.1, 0.15) is 149 Å². The van der Waals surface area contributed by atoms with Crippen molar-refractivity contribution >= 4 is 13.7 Å². The summed E-state index contributed by atoms with van der Waals surface area (Å²) in [5, 5.41) is 13.5. The third kappa shape index (κ3) is 31.1. The lowest BCUT2D eigenvalue weighted by atomic mass is 10.1. The first-order valence-corrected chi connectivity index (χ1v) is 19.8. The fraction of sp³-hybridized carbons (Fsp3) is 0.757. The average molecular weight is 669 g/mol. The van der Waals surface area contributed by atoms with Gasteiger partial charge in [-0.3, -0.25) is 13.8 Å². The number of carbonyl (C=O) groups excluding carboxylic acids is 1. The molecule has 0 aromatic carbocycles. The van der Waals surface area contributed by atoms with Gasteiger partial charge in [-0.15, -0.1) is 0 Å². The molecule has 0 saturated carbocycles. The highest BCUT2D eigenvalue weighted by Crippen LogP contribution is 2.43. The fourth-order valence-electron chi connectivity index (χ4n) is 4.81. The van der Waals surface area contributed by atoms with E-state index < -0.39 is 20.0 Å². The maximum absolute atomic E-state index is 12.6. The number of hydrogen-bond acceptors (Lipinski definition) is 6. The van der Waals surface area contributed by atoms with Crippen LogP contribution in [0.4, 0.5) is 0 Å². The van der Waals surface area contributed by atoms with Crippen molar-refractivity contribution in [3.8, 4) is 0 Å². The maximum atomic E-state index is 12.6. The topological polar surface area (TPSA) is 131 Å². The molecule has 0 aliphatic carbocycles. The molecule has 3 atom stereocenters. The Bertz CT molecular complexity index is 861. The second-order valence-electron chi connectivity index (χ2n) is 12.1. The summed E-state index contributed by atoms with van der Waals surface area (Å²) in [4.78, 5) is 22.5. The molecule has 0 radical (unpaired) electrons. The molecule has 0 aromatic heterocycles. The number of nitrogens with two attached hydrogens (primary N) is 1. The highest BCUT2D eigenvalue weighted by molar-refractivity contribution is 7.47. The number of hydrogen-bond donors (Lipinski definition) is 4. The second kappa shape index (κ2) is 33.4. The largest absolute Gasteiger partial charge is 0.472 e. The van der Waals surface area contributed by atoms with Crippen LogP contribution in [-0.2, 0) is 18.4 Å². The van der Waals surface area contributed by atoms with Crippen LogP contribution in [0.3, 0.4) is 0 Å². The second-order valence-corrected chi connectivity index (χ2v) is 13.5. The van der Waals surface area contributed by atoms with E-state index in [1.54, 1.807) is 6.08 Å². The zero-order valence-corrected chi connectivity index (χ0v) is 30.2. The molecule has 8 nitrogen and oxygen atoms in total. The number of allylic oxidation sites excluding steroid dienone is 7. The van der Waals surface area contributed by atoms with Crippen molar-refractivity contribution in [1.29, 1.82) is 0 Å². The van der Waals surface area contributed by atoms with Gasteiger partial charge in [0.2, 0.25) is 5.91 Å². The molecule has 0 spiro atoms. The van der Waals surface area contributed by atoms with Gasteiger partial charge in [-0.05, 0) is 57.8 Å². The lowest BCUT2D eigenvalue weighted by Gasteiger charge is -2.23. The molecule has 0 bridgehead atoms. The SMILES string of the molecule is CCCC/C=C/CC/C=C/C(O)C(COP(=O)(O)OCCN)NC(=O)CCCCCCCCCCC/C=C\C/C=C\CCCCC. The van der Waals surface area contributed by atoms with E-state index in [9.17, 15) is 19.4 Å². The molecule has 0 fully saturated rings. The van der Waals surface area contributed by atoms with E-state index in [2.05, 4.69) is 55.6 Å². The van der Waals surface area contributed by atoms with Crippen LogP contribution in [0, 0.1) is 0 Å². The summed E-state index contributed by atoms with van der Waals surface area (Å²) in [7, 11) is -4.33. The predicted molar refractivity (Wildman–Crippen MR) is 194 cm³/mol. The Morgan fingerprint density at radius 2 is 1.24 bits per heavy atom. The minimum absolute atomic E-state index is 0.0713. The molecular formula is C37H69N2O6P. The highest BCUT2D eigenvalue weighted by atomic mass is 31.2. The van der Waals surface area contributed by atoms with Crippen LogP contribution >= 0.6 is 7.82 Å². The molecule has 0 aliphatic heterocycles. The third-order valence-electron chi connectivity index (χ3n) is 7.63. The first-order chi connectivity index (χ1) is 22.4. The number of carbonyl (C=O) groups is 1. The number of aliphatic hydroxyl groups excluding tert-OH is 1. The Hall–Kier alpha value is -1.54. The summed E-state index contributed by atoms with van der Waals surface area (Å²) < 4.78 is 21.9. The van der Waals surface area contributed by atoms with Gasteiger partial charge in [0.05, 0.1) is 25.4 Å². The summed E-state index contributed by atoms with van der Waals surface area (Å²) in [6, 6.07) is -0.876. The lowest BCUT2D eigenvalue weighted by Crippen LogP contribution is -2.45. The smallest absolute Gasteiger partial charge is 0.387 e. The van der Waals surface area contributed by atoms with Crippen molar-refractivity contribution in [1.82, 2.24) is 5.32 Å². The van der Waals surface area contributed by atoms with Crippen LogP contribution in [-0.4, -0.2) is 47.8 Å². The van der Waals surface area contributed by atoms with Crippen molar-refractivity contribution in [2.75, 3.05) is 19.8 Å². The van der Waals surface area contributed by atoms with Gasteiger partial charge in [-0.25, -0.2) is 4.57 Å². The van der Waals surface area contributed by atoms with E-state index in [0.29, 0.717) is 6.42 Å². The molecular weight excluding hydrogens is 599 g/mol. The van der Waals surface area contributed by atoms with Crippen molar-refractivity contribution in [2.24, 2.45) is 5.73 Å². The average Bonchev–Trinajstić information content (AvgIpc) is 3.04. The Morgan fingerprint density at radius 3 is 1.87 bits per heavy atom. The van der Waals surface area contributed by atoms with Crippen molar-refractivity contribution in [3.63, 3.8) is 0 Å². The predicted octanol–water partition coefficient (Wildman–Crippen LogP) is 9.38. The molecule has 0 aromatic rings. The first kappa shape index (κ1) is 44.5. The molecule has 5 N–H and O–H groups in total. The van der Waals surface area contributed by atoms with E-state index >= 15 is 0 Å². The monoisotopic (exact) mass is 668 g/mol. The van der Waals surface area contributed by atoms with Gasteiger partial charge >= 0.3 is 7.82 Å². The molecule has 46 heavy (non-hydrogen) atoms. The summed E-state index contributed by atoms with van der Waals surface area (Å²) >= 11 is 0. The van der Waals surface area contributed by atoms with Crippen LogP contribution in [0.15, 0.2) is 48.6 Å². The minimum atomic E-state index is -4.33. The van der Waals surface area contributed by atoms with Gasteiger partial charge in [0.1, 0.15) is 0 Å². The van der Waals surface area contributed by atoms with Gasteiger partial charge in [0.15, 0.2) is 0 Å². The molecule has 268 valence electrons.